The molecule has 1 aromatic carbocycles. The zero-order valence-electron chi connectivity index (χ0n) is 8.13. The number of anilines is 1. The molecule has 0 heterocycles. The molecule has 0 bridgehead atoms. The summed E-state index contributed by atoms with van der Waals surface area (Å²) in [6, 6.07) is 2.43. The fourth-order valence-electron chi connectivity index (χ4n) is 1.12. The molecule has 0 unspecified atom stereocenters. The molecule has 0 fully saturated rings. The van der Waals surface area contributed by atoms with E-state index in [0.29, 0.717) is 12.4 Å². The fraction of sp³-hybridized carbons (Fsp3) is 0.300. The van der Waals surface area contributed by atoms with Crippen molar-refractivity contribution in [1.82, 2.24) is 0 Å². The van der Waals surface area contributed by atoms with Gasteiger partial charge in [0.05, 0.1) is 17.9 Å². The van der Waals surface area contributed by atoms with Crippen LogP contribution in [0.3, 0.4) is 0 Å². The van der Waals surface area contributed by atoms with E-state index >= 15 is 0 Å². The van der Waals surface area contributed by atoms with Crippen LogP contribution in [0.1, 0.15) is 24.2 Å². The monoisotopic (exact) mass is 197 g/mol. The highest BCUT2D eigenvalue weighted by atomic mass is 19.1. The summed E-state index contributed by atoms with van der Waals surface area (Å²) in [6.07, 6.45) is 0. The van der Waals surface area contributed by atoms with Crippen LogP contribution in [0.2, 0.25) is 0 Å². The Balaban J connectivity index is 3.20. The number of ether oxygens (including phenoxy) is 1. The summed E-state index contributed by atoms with van der Waals surface area (Å²) < 4.78 is 18.3. The van der Waals surface area contributed by atoms with Crippen LogP contribution in [-0.4, -0.2) is 12.4 Å². The molecule has 0 saturated carbocycles. The van der Waals surface area contributed by atoms with Gasteiger partial charge in [-0.1, -0.05) is 0 Å². The van der Waals surface area contributed by atoms with E-state index in [1.54, 1.807) is 6.92 Å². The third-order valence-electron chi connectivity index (χ3n) is 1.78. The summed E-state index contributed by atoms with van der Waals surface area (Å²) in [4.78, 5) is 11.0. The predicted octanol–water partition coefficient (Wildman–Crippen LogP) is 2.01. The highest BCUT2D eigenvalue weighted by Gasteiger charge is 2.11. The van der Waals surface area contributed by atoms with Gasteiger partial charge in [0, 0.05) is 6.07 Å². The first-order chi connectivity index (χ1) is 6.56. The molecular formula is C10H12FNO2. The van der Waals surface area contributed by atoms with Crippen LogP contribution in [-0.2, 0) is 0 Å². The highest BCUT2D eigenvalue weighted by molar-refractivity contribution is 5.95. The molecule has 0 aliphatic heterocycles. The second kappa shape index (κ2) is 4.09. The van der Waals surface area contributed by atoms with Gasteiger partial charge in [0.1, 0.15) is 11.6 Å². The summed E-state index contributed by atoms with van der Waals surface area (Å²) in [5.41, 5.74) is 5.71. The summed E-state index contributed by atoms with van der Waals surface area (Å²) in [5, 5.41) is 0. The van der Waals surface area contributed by atoms with E-state index in [-0.39, 0.29) is 17.0 Å². The number of carbonyl (C=O) groups excluding carboxylic acids is 1. The number of Topliss-reactive ketones (excluding diaryl/α,β-unsaturated/α-hetero) is 1. The second-order valence-electron chi connectivity index (χ2n) is 2.86. The number of ketones is 1. The van der Waals surface area contributed by atoms with Crippen LogP contribution in [0.15, 0.2) is 12.1 Å². The molecule has 0 aliphatic rings. The quantitative estimate of drug-likeness (QED) is 0.595. The fourth-order valence-corrected chi connectivity index (χ4v) is 1.12. The summed E-state index contributed by atoms with van der Waals surface area (Å²) in [5.74, 6) is -0.610. The van der Waals surface area contributed by atoms with Crippen molar-refractivity contribution in [3.63, 3.8) is 0 Å². The van der Waals surface area contributed by atoms with E-state index in [9.17, 15) is 9.18 Å². The first-order valence-electron chi connectivity index (χ1n) is 4.29. The number of halogens is 1. The molecule has 0 aromatic heterocycles. The van der Waals surface area contributed by atoms with Gasteiger partial charge in [-0.15, -0.1) is 0 Å². The lowest BCUT2D eigenvalue weighted by Gasteiger charge is -2.08. The zero-order valence-corrected chi connectivity index (χ0v) is 8.13. The van der Waals surface area contributed by atoms with E-state index in [2.05, 4.69) is 0 Å². The third kappa shape index (κ3) is 2.02. The smallest absolute Gasteiger partial charge is 0.162 e. The van der Waals surface area contributed by atoms with E-state index in [0.717, 1.165) is 6.07 Å². The van der Waals surface area contributed by atoms with Crippen molar-refractivity contribution in [2.24, 2.45) is 0 Å². The molecule has 0 atom stereocenters. The topological polar surface area (TPSA) is 52.3 Å². The molecule has 2 N–H and O–H groups in total. The van der Waals surface area contributed by atoms with Gasteiger partial charge in [-0.3, -0.25) is 4.79 Å². The average molecular weight is 197 g/mol. The average Bonchev–Trinajstić information content (AvgIpc) is 2.09. The first kappa shape index (κ1) is 10.5. The third-order valence-corrected chi connectivity index (χ3v) is 1.78. The van der Waals surface area contributed by atoms with Gasteiger partial charge in [0.15, 0.2) is 5.78 Å². The Hall–Kier alpha value is -1.58. The molecule has 0 aliphatic carbocycles. The van der Waals surface area contributed by atoms with Gasteiger partial charge < -0.3 is 10.5 Å². The summed E-state index contributed by atoms with van der Waals surface area (Å²) in [7, 11) is 0. The molecule has 3 nitrogen and oxygen atoms in total. The Morgan fingerprint density at radius 2 is 2.21 bits per heavy atom. The Labute approximate surface area is 81.7 Å². The minimum Gasteiger partial charge on any atom is -0.492 e. The molecule has 0 saturated heterocycles. The van der Waals surface area contributed by atoms with Crippen LogP contribution in [0, 0.1) is 5.82 Å². The van der Waals surface area contributed by atoms with Gasteiger partial charge in [-0.05, 0) is 19.9 Å². The maximum Gasteiger partial charge on any atom is 0.162 e. The number of nitrogen functional groups attached to an aromatic ring is 1. The van der Waals surface area contributed by atoms with E-state index in [1.165, 1.54) is 13.0 Å². The molecule has 76 valence electrons. The standard InChI is InChI=1S/C10H12FNO2/c1-3-14-10-4-7(6(2)13)8(11)5-9(10)12/h4-5H,3,12H2,1-2H3. The summed E-state index contributed by atoms with van der Waals surface area (Å²) >= 11 is 0. The number of nitrogens with two attached hydrogens (primary N) is 1. The Morgan fingerprint density at radius 1 is 1.57 bits per heavy atom. The van der Waals surface area contributed by atoms with E-state index in [4.69, 9.17) is 10.5 Å². The van der Waals surface area contributed by atoms with E-state index in [1.807, 2.05) is 0 Å². The van der Waals surface area contributed by atoms with Gasteiger partial charge in [-0.2, -0.15) is 0 Å². The molecule has 14 heavy (non-hydrogen) atoms. The lowest BCUT2D eigenvalue weighted by molar-refractivity contribution is 0.101. The SMILES string of the molecule is CCOc1cc(C(C)=O)c(F)cc1N. The molecule has 1 aromatic rings. The maximum absolute atomic E-state index is 13.2. The maximum atomic E-state index is 13.2. The van der Waals surface area contributed by atoms with Crippen LogP contribution in [0.25, 0.3) is 0 Å². The number of benzene rings is 1. The van der Waals surface area contributed by atoms with Gasteiger partial charge in [-0.25, -0.2) is 4.39 Å². The molecular weight excluding hydrogens is 185 g/mol. The van der Waals surface area contributed by atoms with Crippen LogP contribution < -0.4 is 10.5 Å². The first-order valence-corrected chi connectivity index (χ1v) is 4.29. The van der Waals surface area contributed by atoms with Gasteiger partial charge in [0.2, 0.25) is 0 Å². The Kier molecular flexibility index (Phi) is 3.06. The van der Waals surface area contributed by atoms with Crippen molar-refractivity contribution < 1.29 is 13.9 Å². The largest absolute Gasteiger partial charge is 0.492 e. The van der Waals surface area contributed by atoms with Gasteiger partial charge >= 0.3 is 0 Å². The lowest BCUT2D eigenvalue weighted by Crippen LogP contribution is -2.03. The van der Waals surface area contributed by atoms with Crippen molar-refractivity contribution in [2.45, 2.75) is 13.8 Å². The normalized spacial score (nSPS) is 9.93. The molecule has 0 spiro atoms. The van der Waals surface area contributed by atoms with Crippen LogP contribution in [0.5, 0.6) is 5.75 Å². The number of hydrogen-bond acceptors (Lipinski definition) is 3. The van der Waals surface area contributed by atoms with Crippen LogP contribution >= 0.6 is 0 Å². The van der Waals surface area contributed by atoms with Crippen molar-refractivity contribution >= 4 is 11.5 Å². The van der Waals surface area contributed by atoms with Crippen molar-refractivity contribution in [2.75, 3.05) is 12.3 Å². The molecule has 1 rings (SSSR count). The van der Waals surface area contributed by atoms with Gasteiger partial charge in [0.25, 0.3) is 0 Å². The Bertz CT molecular complexity index is 363. The molecule has 0 amide bonds. The highest BCUT2D eigenvalue weighted by Crippen LogP contribution is 2.25. The molecule has 0 radical (unpaired) electrons. The molecule has 4 heteroatoms. The number of carbonyl (C=O) groups is 1. The predicted molar refractivity (Wildman–Crippen MR) is 52.0 cm³/mol. The second-order valence-corrected chi connectivity index (χ2v) is 2.86. The Morgan fingerprint density at radius 3 is 2.71 bits per heavy atom. The van der Waals surface area contributed by atoms with Crippen molar-refractivity contribution in [1.29, 1.82) is 0 Å². The zero-order chi connectivity index (χ0) is 10.7. The number of hydrogen-bond donors (Lipinski definition) is 1. The van der Waals surface area contributed by atoms with Crippen molar-refractivity contribution in [3.05, 3.63) is 23.5 Å². The van der Waals surface area contributed by atoms with Crippen LogP contribution in [0.4, 0.5) is 10.1 Å². The lowest BCUT2D eigenvalue weighted by atomic mass is 10.1. The minimum atomic E-state index is -0.613. The minimum absolute atomic E-state index is 0.00245. The summed E-state index contributed by atoms with van der Waals surface area (Å²) in [6.45, 7) is 3.51. The van der Waals surface area contributed by atoms with Crippen molar-refractivity contribution in [3.8, 4) is 5.75 Å². The van der Waals surface area contributed by atoms with E-state index < -0.39 is 5.82 Å². The number of rotatable bonds is 3.